The number of cyclic esters (lactones) is 1. The minimum atomic E-state index is -0.161. The lowest BCUT2D eigenvalue weighted by molar-refractivity contribution is -0.139. The smallest absolute Gasteiger partial charge is 0.323 e. The Hall–Kier alpha value is -1.55. The largest absolute Gasteiger partial charge is 0.493 e. The van der Waals surface area contributed by atoms with Gasteiger partial charge in [-0.2, -0.15) is 0 Å². The normalized spacial score (nSPS) is 27.2. The fraction of sp³-hybridized carbons (Fsp3) is 0.462. The van der Waals surface area contributed by atoms with Gasteiger partial charge in [-0.15, -0.1) is 0 Å². The summed E-state index contributed by atoms with van der Waals surface area (Å²) in [6.07, 6.45) is 1.65. The summed E-state index contributed by atoms with van der Waals surface area (Å²) in [5.41, 5.74) is 1.14. The van der Waals surface area contributed by atoms with Crippen molar-refractivity contribution in [3.05, 3.63) is 29.8 Å². The van der Waals surface area contributed by atoms with Gasteiger partial charge in [-0.25, -0.2) is 0 Å². The van der Waals surface area contributed by atoms with Gasteiger partial charge in [0.1, 0.15) is 11.8 Å². The third-order valence-electron chi connectivity index (χ3n) is 3.30. The first kappa shape index (κ1) is 10.6. The first-order valence-corrected chi connectivity index (χ1v) is 5.99. The lowest BCUT2D eigenvalue weighted by atomic mass is 9.99. The van der Waals surface area contributed by atoms with Crippen molar-refractivity contribution in [3.8, 4) is 5.75 Å². The summed E-state index contributed by atoms with van der Waals surface area (Å²) in [5, 5.41) is 3.37. The quantitative estimate of drug-likeness (QED) is 0.785. The molecule has 0 bridgehead atoms. The summed E-state index contributed by atoms with van der Waals surface area (Å²) in [4.78, 5) is 11.4. The molecule has 0 saturated carbocycles. The summed E-state index contributed by atoms with van der Waals surface area (Å²) in [5.74, 6) is 0.789. The average molecular weight is 233 g/mol. The number of hydrogen-bond acceptors (Lipinski definition) is 4. The number of nitrogens with one attached hydrogen (secondary N) is 1. The topological polar surface area (TPSA) is 47.6 Å². The van der Waals surface area contributed by atoms with Crippen LogP contribution in [-0.4, -0.2) is 25.2 Å². The number of fused-ring (bicyclic) bond motifs is 1. The Morgan fingerprint density at radius 2 is 1.82 bits per heavy atom. The summed E-state index contributed by atoms with van der Waals surface area (Å²) in [6.45, 7) is 1.22. The average Bonchev–Trinajstić information content (AvgIpc) is 2.76. The van der Waals surface area contributed by atoms with Crippen molar-refractivity contribution in [2.75, 3.05) is 13.2 Å². The van der Waals surface area contributed by atoms with E-state index in [9.17, 15) is 4.79 Å². The number of para-hydroxylation sites is 1. The lowest BCUT2D eigenvalue weighted by Gasteiger charge is -2.28. The highest BCUT2D eigenvalue weighted by atomic mass is 16.5. The molecule has 90 valence electrons. The Morgan fingerprint density at radius 1 is 1.06 bits per heavy atom. The predicted molar refractivity (Wildman–Crippen MR) is 61.8 cm³/mol. The number of ether oxygens (including phenoxy) is 2. The number of rotatable bonds is 2. The standard InChI is InChI=1S/C13H15NO3/c15-13-11(6-8-17-13)14-10-5-7-16-12-4-2-1-3-9(10)12/h1-4,10-11,14H,5-8H2. The number of benzene rings is 1. The van der Waals surface area contributed by atoms with Gasteiger partial charge in [-0.3, -0.25) is 10.1 Å². The molecule has 0 aromatic heterocycles. The van der Waals surface area contributed by atoms with Crippen molar-refractivity contribution in [1.29, 1.82) is 0 Å². The van der Waals surface area contributed by atoms with Gasteiger partial charge >= 0.3 is 5.97 Å². The molecule has 2 aliphatic rings. The van der Waals surface area contributed by atoms with Gasteiger partial charge in [-0.05, 0) is 6.07 Å². The van der Waals surface area contributed by atoms with Crippen LogP contribution >= 0.6 is 0 Å². The van der Waals surface area contributed by atoms with E-state index >= 15 is 0 Å². The molecule has 1 aromatic rings. The number of carbonyl (C=O) groups excluding carboxylic acids is 1. The van der Waals surface area contributed by atoms with Gasteiger partial charge in [0.15, 0.2) is 0 Å². The van der Waals surface area contributed by atoms with Gasteiger partial charge in [0, 0.05) is 24.4 Å². The molecule has 17 heavy (non-hydrogen) atoms. The predicted octanol–water partition coefficient (Wildman–Crippen LogP) is 1.42. The van der Waals surface area contributed by atoms with Crippen molar-refractivity contribution >= 4 is 5.97 Å². The van der Waals surface area contributed by atoms with Crippen LogP contribution in [0.5, 0.6) is 5.75 Å². The minimum absolute atomic E-state index is 0.131. The van der Waals surface area contributed by atoms with Gasteiger partial charge in [0.25, 0.3) is 0 Å². The molecule has 2 heterocycles. The molecule has 3 rings (SSSR count). The zero-order valence-electron chi connectivity index (χ0n) is 9.52. The highest BCUT2D eigenvalue weighted by Gasteiger charge is 2.31. The molecule has 2 aliphatic heterocycles. The van der Waals surface area contributed by atoms with Gasteiger partial charge in [0.2, 0.25) is 0 Å². The van der Waals surface area contributed by atoms with Gasteiger partial charge in [0.05, 0.1) is 13.2 Å². The van der Waals surface area contributed by atoms with Crippen molar-refractivity contribution < 1.29 is 14.3 Å². The molecule has 4 heteroatoms. The van der Waals surface area contributed by atoms with Crippen LogP contribution in [0.2, 0.25) is 0 Å². The van der Waals surface area contributed by atoms with Crippen LogP contribution in [0.3, 0.4) is 0 Å². The summed E-state index contributed by atoms with van der Waals surface area (Å²) in [7, 11) is 0. The monoisotopic (exact) mass is 233 g/mol. The summed E-state index contributed by atoms with van der Waals surface area (Å²) in [6, 6.07) is 8.00. The van der Waals surface area contributed by atoms with E-state index in [0.29, 0.717) is 13.2 Å². The van der Waals surface area contributed by atoms with Crippen LogP contribution in [0.1, 0.15) is 24.4 Å². The number of carbonyl (C=O) groups is 1. The van der Waals surface area contributed by atoms with Crippen molar-refractivity contribution in [1.82, 2.24) is 5.32 Å². The van der Waals surface area contributed by atoms with Crippen molar-refractivity contribution in [3.63, 3.8) is 0 Å². The van der Waals surface area contributed by atoms with Gasteiger partial charge in [-0.1, -0.05) is 18.2 Å². The fourth-order valence-electron chi connectivity index (χ4n) is 2.41. The minimum Gasteiger partial charge on any atom is -0.493 e. The third-order valence-corrected chi connectivity index (χ3v) is 3.30. The fourth-order valence-corrected chi connectivity index (χ4v) is 2.41. The molecule has 0 radical (unpaired) electrons. The van der Waals surface area contributed by atoms with E-state index < -0.39 is 0 Å². The molecule has 0 amide bonds. The van der Waals surface area contributed by atoms with E-state index in [1.165, 1.54) is 0 Å². The maximum absolute atomic E-state index is 11.4. The highest BCUT2D eigenvalue weighted by Crippen LogP contribution is 2.32. The second kappa shape index (κ2) is 4.37. The van der Waals surface area contributed by atoms with Crippen LogP contribution in [0.15, 0.2) is 24.3 Å². The Kier molecular flexibility index (Phi) is 2.73. The van der Waals surface area contributed by atoms with Crippen LogP contribution in [0.4, 0.5) is 0 Å². The molecule has 2 atom stereocenters. The highest BCUT2D eigenvalue weighted by molar-refractivity contribution is 5.77. The van der Waals surface area contributed by atoms with Crippen LogP contribution < -0.4 is 10.1 Å². The number of esters is 1. The summed E-state index contributed by atoms with van der Waals surface area (Å²) < 4.78 is 10.6. The zero-order valence-corrected chi connectivity index (χ0v) is 9.52. The van der Waals surface area contributed by atoms with Crippen LogP contribution in [0, 0.1) is 0 Å². The van der Waals surface area contributed by atoms with Crippen molar-refractivity contribution in [2.45, 2.75) is 24.9 Å². The maximum Gasteiger partial charge on any atom is 0.323 e. The van der Waals surface area contributed by atoms with Crippen LogP contribution in [-0.2, 0) is 9.53 Å². The molecular weight excluding hydrogens is 218 g/mol. The maximum atomic E-state index is 11.4. The van der Waals surface area contributed by atoms with E-state index in [-0.39, 0.29) is 18.1 Å². The van der Waals surface area contributed by atoms with Crippen LogP contribution in [0.25, 0.3) is 0 Å². The molecule has 4 nitrogen and oxygen atoms in total. The Labute approximate surface area is 99.9 Å². The summed E-state index contributed by atoms with van der Waals surface area (Å²) >= 11 is 0. The van der Waals surface area contributed by atoms with E-state index in [1.807, 2.05) is 24.3 Å². The number of hydrogen-bond donors (Lipinski definition) is 1. The first-order valence-electron chi connectivity index (χ1n) is 5.99. The molecule has 1 saturated heterocycles. The molecule has 1 aromatic carbocycles. The molecule has 0 spiro atoms. The van der Waals surface area contributed by atoms with E-state index in [2.05, 4.69) is 5.32 Å². The lowest BCUT2D eigenvalue weighted by Crippen LogP contribution is -2.38. The molecule has 2 unspecified atom stereocenters. The molecule has 0 aliphatic carbocycles. The zero-order chi connectivity index (χ0) is 11.7. The van der Waals surface area contributed by atoms with E-state index in [4.69, 9.17) is 9.47 Å². The van der Waals surface area contributed by atoms with Gasteiger partial charge < -0.3 is 9.47 Å². The first-order chi connectivity index (χ1) is 8.34. The second-order valence-corrected chi connectivity index (χ2v) is 4.40. The Morgan fingerprint density at radius 3 is 2.65 bits per heavy atom. The second-order valence-electron chi connectivity index (χ2n) is 4.40. The SMILES string of the molecule is O=C1OCCC1NC1CCOc2ccccc21. The molecular formula is C13H15NO3. The van der Waals surface area contributed by atoms with Crippen molar-refractivity contribution in [2.24, 2.45) is 0 Å². The molecule has 1 N–H and O–H groups in total. The van der Waals surface area contributed by atoms with E-state index in [0.717, 1.165) is 24.2 Å². The Balaban J connectivity index is 1.78. The molecule has 1 fully saturated rings. The third kappa shape index (κ3) is 2.00. The van der Waals surface area contributed by atoms with E-state index in [1.54, 1.807) is 0 Å². The Bertz CT molecular complexity index is 432.